The van der Waals surface area contributed by atoms with E-state index in [0.29, 0.717) is 6.04 Å². The Balaban J connectivity index is 2.21. The number of hydrogen-bond donors (Lipinski definition) is 1. The third-order valence-electron chi connectivity index (χ3n) is 1.86. The fourth-order valence-corrected chi connectivity index (χ4v) is 2.05. The lowest BCUT2D eigenvalue weighted by molar-refractivity contribution is 0.625. The molecule has 1 fully saturated rings. The zero-order valence-electron chi connectivity index (χ0n) is 5.88. The van der Waals surface area contributed by atoms with Gasteiger partial charge >= 0.3 is 0 Å². The Morgan fingerprint density at radius 2 is 2.55 bits per heavy atom. The molecule has 1 unspecified atom stereocenters. The van der Waals surface area contributed by atoms with E-state index in [9.17, 15) is 0 Å². The smallest absolute Gasteiger partial charge is 0.139 e. The van der Waals surface area contributed by atoms with Crippen molar-refractivity contribution >= 4 is 23.1 Å². The second-order valence-electron chi connectivity index (χ2n) is 2.58. The molecule has 1 saturated heterocycles. The molecule has 1 aliphatic heterocycles. The van der Waals surface area contributed by atoms with Gasteiger partial charge in [-0.3, -0.25) is 0 Å². The summed E-state index contributed by atoms with van der Waals surface area (Å²) in [5.74, 6) is 0. The quantitative estimate of drug-likeness (QED) is 0.730. The molecule has 0 radical (unpaired) electrons. The predicted molar refractivity (Wildman–Crippen MR) is 44.9 cm³/mol. The van der Waals surface area contributed by atoms with Gasteiger partial charge in [0.1, 0.15) is 10.0 Å². The van der Waals surface area contributed by atoms with Gasteiger partial charge in [0.15, 0.2) is 0 Å². The van der Waals surface area contributed by atoms with E-state index in [4.69, 9.17) is 11.6 Å². The molecular weight excluding hydrogens is 182 g/mol. The van der Waals surface area contributed by atoms with Gasteiger partial charge in [0.05, 0.1) is 6.04 Å². The number of rotatable bonds is 1. The van der Waals surface area contributed by atoms with E-state index < -0.39 is 0 Å². The predicted octanol–water partition coefficient (Wildman–Crippen LogP) is 1.62. The molecule has 2 rings (SSSR count). The molecule has 0 aromatic carbocycles. The van der Waals surface area contributed by atoms with Crippen LogP contribution in [0.3, 0.4) is 0 Å². The zero-order chi connectivity index (χ0) is 7.68. The molecule has 0 spiro atoms. The van der Waals surface area contributed by atoms with Crippen molar-refractivity contribution in [2.45, 2.75) is 18.9 Å². The first-order valence-electron chi connectivity index (χ1n) is 3.59. The lowest BCUT2D eigenvalue weighted by atomic mass is 10.2. The van der Waals surface area contributed by atoms with Crippen LogP contribution in [0.25, 0.3) is 0 Å². The Morgan fingerprint density at radius 1 is 1.64 bits per heavy atom. The fraction of sp³-hybridized carbons (Fsp3) is 0.667. The van der Waals surface area contributed by atoms with Crippen molar-refractivity contribution in [2.24, 2.45) is 0 Å². The summed E-state index contributed by atoms with van der Waals surface area (Å²) < 4.78 is 4.51. The summed E-state index contributed by atoms with van der Waals surface area (Å²) >= 11 is 7.13. The summed E-state index contributed by atoms with van der Waals surface area (Å²) in [5, 5.41) is 7.29. The number of aromatic nitrogens is 2. The average Bonchev–Trinajstić information content (AvgIpc) is 2.55. The SMILES string of the molecule is Clc1snnc1C1CCCN1. The van der Waals surface area contributed by atoms with Gasteiger partial charge in [-0.15, -0.1) is 5.10 Å². The molecular formula is C6H8ClN3S. The summed E-state index contributed by atoms with van der Waals surface area (Å²) in [4.78, 5) is 0. The minimum Gasteiger partial charge on any atom is -0.308 e. The lowest BCUT2D eigenvalue weighted by Crippen LogP contribution is -2.13. The molecule has 1 N–H and O–H groups in total. The molecule has 1 atom stereocenters. The first-order chi connectivity index (χ1) is 5.38. The largest absolute Gasteiger partial charge is 0.308 e. The van der Waals surface area contributed by atoms with E-state index in [1.165, 1.54) is 18.0 Å². The van der Waals surface area contributed by atoms with E-state index >= 15 is 0 Å². The third kappa shape index (κ3) is 1.38. The van der Waals surface area contributed by atoms with Crippen LogP contribution in [-0.2, 0) is 0 Å². The highest BCUT2D eigenvalue weighted by molar-refractivity contribution is 7.10. The zero-order valence-corrected chi connectivity index (χ0v) is 7.45. The van der Waals surface area contributed by atoms with Crippen molar-refractivity contribution in [2.75, 3.05) is 6.54 Å². The lowest BCUT2D eigenvalue weighted by Gasteiger charge is -2.04. The van der Waals surface area contributed by atoms with Crippen LogP contribution in [0.4, 0.5) is 0 Å². The molecule has 60 valence electrons. The first-order valence-corrected chi connectivity index (χ1v) is 4.74. The normalized spacial score (nSPS) is 24.3. The summed E-state index contributed by atoms with van der Waals surface area (Å²) in [7, 11) is 0. The molecule has 0 bridgehead atoms. The van der Waals surface area contributed by atoms with Crippen molar-refractivity contribution < 1.29 is 0 Å². The summed E-state index contributed by atoms with van der Waals surface area (Å²) in [6, 6.07) is 0.348. The molecule has 0 aliphatic carbocycles. The molecule has 3 nitrogen and oxygen atoms in total. The summed E-state index contributed by atoms with van der Waals surface area (Å²) in [6.45, 7) is 1.07. The third-order valence-corrected chi connectivity index (χ3v) is 2.79. The fourth-order valence-electron chi connectivity index (χ4n) is 1.31. The topological polar surface area (TPSA) is 37.8 Å². The Bertz CT molecular complexity index is 244. The summed E-state index contributed by atoms with van der Waals surface area (Å²) in [6.07, 6.45) is 2.34. The van der Waals surface area contributed by atoms with Crippen LogP contribution in [0.1, 0.15) is 24.6 Å². The van der Waals surface area contributed by atoms with Gasteiger partial charge in [0, 0.05) is 11.5 Å². The molecule has 1 aliphatic rings. The van der Waals surface area contributed by atoms with Gasteiger partial charge in [0.2, 0.25) is 0 Å². The maximum atomic E-state index is 5.87. The molecule has 1 aromatic rings. The van der Waals surface area contributed by atoms with Crippen molar-refractivity contribution in [3.05, 3.63) is 10.0 Å². The second kappa shape index (κ2) is 3.05. The standard InChI is InChI=1S/C6H8ClN3S/c7-6-5(9-10-11-6)4-2-1-3-8-4/h4,8H,1-3H2. The van der Waals surface area contributed by atoms with E-state index in [0.717, 1.165) is 23.0 Å². The van der Waals surface area contributed by atoms with Gasteiger partial charge in [-0.05, 0) is 19.4 Å². The molecule has 5 heteroatoms. The number of nitrogens with one attached hydrogen (secondary N) is 1. The molecule has 0 saturated carbocycles. The Hall–Kier alpha value is -0.190. The van der Waals surface area contributed by atoms with Crippen molar-refractivity contribution in [1.82, 2.24) is 14.9 Å². The van der Waals surface area contributed by atoms with Crippen LogP contribution in [0.2, 0.25) is 4.34 Å². The van der Waals surface area contributed by atoms with Gasteiger partial charge in [-0.2, -0.15) is 0 Å². The van der Waals surface area contributed by atoms with Crippen LogP contribution in [0.5, 0.6) is 0 Å². The highest BCUT2D eigenvalue weighted by Crippen LogP contribution is 2.28. The highest BCUT2D eigenvalue weighted by Gasteiger charge is 2.21. The van der Waals surface area contributed by atoms with Crippen LogP contribution in [-0.4, -0.2) is 16.1 Å². The van der Waals surface area contributed by atoms with Crippen LogP contribution in [0, 0.1) is 0 Å². The van der Waals surface area contributed by atoms with E-state index in [2.05, 4.69) is 14.9 Å². The minimum absolute atomic E-state index is 0.348. The maximum Gasteiger partial charge on any atom is 0.139 e. The van der Waals surface area contributed by atoms with Crippen molar-refractivity contribution in [1.29, 1.82) is 0 Å². The molecule has 2 heterocycles. The van der Waals surface area contributed by atoms with Crippen molar-refractivity contribution in [3.63, 3.8) is 0 Å². The molecule has 1 aromatic heterocycles. The van der Waals surface area contributed by atoms with Crippen LogP contribution in [0.15, 0.2) is 0 Å². The molecule has 0 amide bonds. The number of hydrogen-bond acceptors (Lipinski definition) is 4. The van der Waals surface area contributed by atoms with Crippen LogP contribution < -0.4 is 5.32 Å². The highest BCUT2D eigenvalue weighted by atomic mass is 35.5. The van der Waals surface area contributed by atoms with E-state index in [-0.39, 0.29) is 0 Å². The second-order valence-corrected chi connectivity index (χ2v) is 3.94. The van der Waals surface area contributed by atoms with Gasteiger partial charge < -0.3 is 5.32 Å². The van der Waals surface area contributed by atoms with Gasteiger partial charge in [-0.25, -0.2) is 0 Å². The Morgan fingerprint density at radius 3 is 3.09 bits per heavy atom. The Labute approximate surface area is 73.9 Å². The average molecular weight is 190 g/mol. The summed E-state index contributed by atoms with van der Waals surface area (Å²) in [5.41, 5.74) is 0.925. The van der Waals surface area contributed by atoms with E-state index in [1.807, 2.05) is 0 Å². The first kappa shape index (κ1) is 7.46. The van der Waals surface area contributed by atoms with E-state index in [1.54, 1.807) is 0 Å². The number of nitrogens with zero attached hydrogens (tertiary/aromatic N) is 2. The van der Waals surface area contributed by atoms with Crippen LogP contribution >= 0.6 is 23.1 Å². The monoisotopic (exact) mass is 189 g/mol. The Kier molecular flexibility index (Phi) is 2.07. The van der Waals surface area contributed by atoms with Gasteiger partial charge in [0.25, 0.3) is 0 Å². The van der Waals surface area contributed by atoms with Gasteiger partial charge in [-0.1, -0.05) is 16.1 Å². The minimum atomic E-state index is 0.348. The molecule has 11 heavy (non-hydrogen) atoms. The number of halogens is 1. The maximum absolute atomic E-state index is 5.87. The van der Waals surface area contributed by atoms with Crippen molar-refractivity contribution in [3.8, 4) is 0 Å².